The van der Waals surface area contributed by atoms with Crippen LogP contribution in [0.15, 0.2) is 48.5 Å². The number of aromatic nitrogens is 2. The summed E-state index contributed by atoms with van der Waals surface area (Å²) in [6.07, 6.45) is 2.36. The molecule has 0 unspecified atom stereocenters. The topological polar surface area (TPSA) is 112 Å². The third-order valence-electron chi connectivity index (χ3n) is 5.82. The Morgan fingerprint density at radius 2 is 1.91 bits per heavy atom. The van der Waals surface area contributed by atoms with Crippen LogP contribution in [0.4, 0.5) is 5.69 Å². The second-order valence-electron chi connectivity index (χ2n) is 7.97. The van der Waals surface area contributed by atoms with E-state index in [1.165, 1.54) is 29.7 Å². The van der Waals surface area contributed by atoms with Gasteiger partial charge in [0.05, 0.1) is 30.5 Å². The van der Waals surface area contributed by atoms with Gasteiger partial charge in [-0.25, -0.2) is 4.68 Å². The number of rotatable bonds is 9. The lowest BCUT2D eigenvalue weighted by Gasteiger charge is -2.15. The Morgan fingerprint density at radius 1 is 1.12 bits per heavy atom. The average Bonchev–Trinajstić information content (AvgIpc) is 3.54. The van der Waals surface area contributed by atoms with E-state index >= 15 is 0 Å². The molecule has 1 amide bonds. The first kappa shape index (κ1) is 23.2. The van der Waals surface area contributed by atoms with E-state index in [1.807, 2.05) is 0 Å². The molecule has 0 saturated carbocycles. The van der Waals surface area contributed by atoms with Crippen molar-refractivity contribution in [3.05, 3.63) is 64.3 Å². The number of carbonyl (C=O) groups is 1. The van der Waals surface area contributed by atoms with Crippen LogP contribution in [0.1, 0.15) is 23.3 Å². The van der Waals surface area contributed by atoms with Gasteiger partial charge in [-0.05, 0) is 50.2 Å². The van der Waals surface area contributed by atoms with E-state index in [9.17, 15) is 14.9 Å². The summed E-state index contributed by atoms with van der Waals surface area (Å²) in [6.45, 7) is 3.36. The molecule has 1 aromatic heterocycles. The number of nitro groups is 1. The minimum atomic E-state index is -0.476. The molecule has 1 aliphatic rings. The zero-order valence-corrected chi connectivity index (χ0v) is 19.2. The number of benzene rings is 2. The highest BCUT2D eigenvalue weighted by Gasteiger charge is 2.21. The highest BCUT2D eigenvalue weighted by molar-refractivity contribution is 5.94. The van der Waals surface area contributed by atoms with E-state index in [0.29, 0.717) is 35.0 Å². The Bertz CT molecular complexity index is 1190. The number of non-ortho nitro benzene ring substituents is 1. The SMILES string of the molecule is COc1ccc(-c2cc(C(=O)NCCN3CCCC3)n(-c3cccc([N+](=O)[O-])c3)n2)c(OC)c1. The summed E-state index contributed by atoms with van der Waals surface area (Å²) >= 11 is 0. The predicted octanol–water partition coefficient (Wildman–Crippen LogP) is 3.29. The van der Waals surface area contributed by atoms with Gasteiger partial charge in [0.15, 0.2) is 0 Å². The zero-order chi connectivity index (χ0) is 24.1. The van der Waals surface area contributed by atoms with Crippen LogP contribution >= 0.6 is 0 Å². The predicted molar refractivity (Wildman–Crippen MR) is 127 cm³/mol. The molecule has 0 spiro atoms. The van der Waals surface area contributed by atoms with Crippen molar-refractivity contribution in [2.75, 3.05) is 40.4 Å². The summed E-state index contributed by atoms with van der Waals surface area (Å²) in [5, 5.41) is 18.9. The molecule has 2 aromatic carbocycles. The van der Waals surface area contributed by atoms with Gasteiger partial charge in [-0.1, -0.05) is 6.07 Å². The summed E-state index contributed by atoms with van der Waals surface area (Å²) in [5.74, 6) is 0.847. The van der Waals surface area contributed by atoms with Gasteiger partial charge in [0, 0.05) is 36.9 Å². The van der Waals surface area contributed by atoms with Gasteiger partial charge in [-0.15, -0.1) is 0 Å². The van der Waals surface area contributed by atoms with Crippen LogP contribution in [0.25, 0.3) is 16.9 Å². The van der Waals surface area contributed by atoms with Crippen LogP contribution in [0.3, 0.4) is 0 Å². The van der Waals surface area contributed by atoms with Crippen molar-refractivity contribution in [1.29, 1.82) is 0 Å². The van der Waals surface area contributed by atoms with Crippen molar-refractivity contribution in [2.45, 2.75) is 12.8 Å². The molecule has 0 aliphatic carbocycles. The van der Waals surface area contributed by atoms with Crippen LogP contribution in [0, 0.1) is 10.1 Å². The number of nitro benzene ring substituents is 1. The number of carbonyl (C=O) groups excluding carboxylic acids is 1. The van der Waals surface area contributed by atoms with Gasteiger partial charge >= 0.3 is 0 Å². The number of amides is 1. The van der Waals surface area contributed by atoms with E-state index in [2.05, 4.69) is 15.3 Å². The highest BCUT2D eigenvalue weighted by atomic mass is 16.6. The molecule has 1 fully saturated rings. The molecule has 4 rings (SSSR count). The first-order valence-electron chi connectivity index (χ1n) is 11.1. The largest absolute Gasteiger partial charge is 0.497 e. The van der Waals surface area contributed by atoms with Gasteiger partial charge in [0.25, 0.3) is 11.6 Å². The zero-order valence-electron chi connectivity index (χ0n) is 19.2. The molecule has 2 heterocycles. The Morgan fingerprint density at radius 3 is 2.62 bits per heavy atom. The van der Waals surface area contributed by atoms with E-state index in [0.717, 1.165) is 19.6 Å². The molecular weight excluding hydrogens is 438 g/mol. The lowest BCUT2D eigenvalue weighted by atomic mass is 10.1. The van der Waals surface area contributed by atoms with Gasteiger partial charge in [0.1, 0.15) is 17.2 Å². The summed E-state index contributed by atoms with van der Waals surface area (Å²) in [7, 11) is 3.11. The van der Waals surface area contributed by atoms with Crippen molar-refractivity contribution in [3.8, 4) is 28.4 Å². The molecule has 0 atom stereocenters. The minimum Gasteiger partial charge on any atom is -0.497 e. The van der Waals surface area contributed by atoms with Gasteiger partial charge in [0.2, 0.25) is 0 Å². The van der Waals surface area contributed by atoms with Crippen molar-refractivity contribution >= 4 is 11.6 Å². The second-order valence-corrected chi connectivity index (χ2v) is 7.97. The first-order chi connectivity index (χ1) is 16.5. The Hall–Kier alpha value is -3.92. The van der Waals surface area contributed by atoms with E-state index < -0.39 is 4.92 Å². The molecule has 3 aromatic rings. The standard InChI is InChI=1S/C24H27N5O5/c1-33-19-8-9-20(23(15-19)34-2)21-16-22(24(30)25-10-13-27-11-3-4-12-27)28(26-21)17-6-5-7-18(14-17)29(31)32/h5-9,14-16H,3-4,10-13H2,1-2H3,(H,25,30). The van der Waals surface area contributed by atoms with Crippen molar-refractivity contribution in [1.82, 2.24) is 20.0 Å². The van der Waals surface area contributed by atoms with Crippen LogP contribution in [0.5, 0.6) is 11.5 Å². The van der Waals surface area contributed by atoms with E-state index in [4.69, 9.17) is 9.47 Å². The van der Waals surface area contributed by atoms with Crippen molar-refractivity contribution < 1.29 is 19.2 Å². The molecule has 1 aliphatic heterocycles. The number of nitrogens with zero attached hydrogens (tertiary/aromatic N) is 4. The fourth-order valence-corrected chi connectivity index (χ4v) is 4.04. The molecular formula is C24H27N5O5. The summed E-state index contributed by atoms with van der Waals surface area (Å²) in [6, 6.07) is 13.0. The number of ether oxygens (including phenoxy) is 2. The molecule has 10 nitrogen and oxygen atoms in total. The van der Waals surface area contributed by atoms with Crippen LogP contribution in [-0.4, -0.2) is 65.9 Å². The van der Waals surface area contributed by atoms with Gasteiger partial charge in [-0.2, -0.15) is 5.10 Å². The molecule has 0 bridgehead atoms. The van der Waals surface area contributed by atoms with Crippen molar-refractivity contribution in [2.24, 2.45) is 0 Å². The lowest BCUT2D eigenvalue weighted by Crippen LogP contribution is -2.34. The third-order valence-corrected chi connectivity index (χ3v) is 5.82. The minimum absolute atomic E-state index is 0.0861. The van der Waals surface area contributed by atoms with E-state index in [1.54, 1.807) is 50.6 Å². The number of hydrogen-bond donors (Lipinski definition) is 1. The molecule has 34 heavy (non-hydrogen) atoms. The maximum absolute atomic E-state index is 13.2. The lowest BCUT2D eigenvalue weighted by molar-refractivity contribution is -0.384. The first-order valence-corrected chi connectivity index (χ1v) is 11.1. The normalized spacial score (nSPS) is 13.6. The van der Waals surface area contributed by atoms with Crippen LogP contribution < -0.4 is 14.8 Å². The fraction of sp³-hybridized carbons (Fsp3) is 0.333. The highest BCUT2D eigenvalue weighted by Crippen LogP contribution is 2.33. The molecule has 1 saturated heterocycles. The van der Waals surface area contributed by atoms with Crippen LogP contribution in [-0.2, 0) is 0 Å². The second kappa shape index (κ2) is 10.3. The average molecular weight is 466 g/mol. The van der Waals surface area contributed by atoms with Crippen LogP contribution in [0.2, 0.25) is 0 Å². The Balaban J connectivity index is 1.70. The monoisotopic (exact) mass is 465 g/mol. The smallest absolute Gasteiger partial charge is 0.271 e. The fourth-order valence-electron chi connectivity index (χ4n) is 4.04. The molecule has 1 N–H and O–H groups in total. The summed E-state index contributed by atoms with van der Waals surface area (Å²) in [5.41, 5.74) is 1.76. The number of nitrogens with one attached hydrogen (secondary N) is 1. The number of methoxy groups -OCH3 is 2. The quantitative estimate of drug-likeness (QED) is 0.381. The van der Waals surface area contributed by atoms with E-state index in [-0.39, 0.29) is 17.3 Å². The molecule has 0 radical (unpaired) electrons. The molecule has 10 heteroatoms. The van der Waals surface area contributed by atoms with Gasteiger partial charge < -0.3 is 19.7 Å². The Kier molecular flexibility index (Phi) is 7.07. The third kappa shape index (κ3) is 5.01. The number of likely N-dealkylation sites (tertiary alicyclic amines) is 1. The van der Waals surface area contributed by atoms with Gasteiger partial charge in [-0.3, -0.25) is 14.9 Å². The maximum atomic E-state index is 13.2. The summed E-state index contributed by atoms with van der Waals surface area (Å²) in [4.78, 5) is 26.3. The number of hydrogen-bond acceptors (Lipinski definition) is 7. The summed E-state index contributed by atoms with van der Waals surface area (Å²) < 4.78 is 12.2. The van der Waals surface area contributed by atoms with Crippen molar-refractivity contribution in [3.63, 3.8) is 0 Å². The Labute approximate surface area is 197 Å². The molecule has 178 valence electrons. The maximum Gasteiger partial charge on any atom is 0.271 e.